The number of aromatic nitrogens is 3. The summed E-state index contributed by atoms with van der Waals surface area (Å²) in [6.45, 7) is 4.12. The van der Waals surface area contributed by atoms with Gasteiger partial charge in [-0.05, 0) is 38.6 Å². The molecule has 1 saturated heterocycles. The van der Waals surface area contributed by atoms with E-state index in [0.717, 1.165) is 31.0 Å². The molecular formula is C17H21N5O. The highest BCUT2D eigenvalue weighted by Gasteiger charge is 2.29. The second-order valence-electron chi connectivity index (χ2n) is 5.96. The average Bonchev–Trinajstić information content (AvgIpc) is 3.06. The van der Waals surface area contributed by atoms with E-state index >= 15 is 0 Å². The summed E-state index contributed by atoms with van der Waals surface area (Å²) < 4.78 is 0. The van der Waals surface area contributed by atoms with Crippen molar-refractivity contribution < 1.29 is 4.79 Å². The van der Waals surface area contributed by atoms with Crippen LogP contribution in [0, 0.1) is 6.92 Å². The lowest BCUT2D eigenvalue weighted by molar-refractivity contribution is 0.0779. The van der Waals surface area contributed by atoms with Crippen LogP contribution in [-0.2, 0) is 6.54 Å². The van der Waals surface area contributed by atoms with Crippen LogP contribution in [0.5, 0.6) is 0 Å². The summed E-state index contributed by atoms with van der Waals surface area (Å²) in [6, 6.07) is 5.87. The first-order valence-corrected chi connectivity index (χ1v) is 7.81. The minimum atomic E-state index is 0.0596. The van der Waals surface area contributed by atoms with Crippen molar-refractivity contribution in [3.8, 4) is 0 Å². The molecule has 1 atom stereocenters. The van der Waals surface area contributed by atoms with Crippen molar-refractivity contribution in [1.29, 1.82) is 0 Å². The fraction of sp³-hybridized carbons (Fsp3) is 0.412. The van der Waals surface area contributed by atoms with Gasteiger partial charge in [-0.25, -0.2) is 9.97 Å². The van der Waals surface area contributed by atoms with Crippen LogP contribution in [-0.4, -0.2) is 56.8 Å². The third-order valence-corrected chi connectivity index (χ3v) is 4.24. The minimum Gasteiger partial charge on any atom is -0.337 e. The van der Waals surface area contributed by atoms with E-state index < -0.39 is 0 Å². The molecule has 23 heavy (non-hydrogen) atoms. The maximum Gasteiger partial charge on any atom is 0.255 e. The standard InChI is InChI=1S/C17H21N5O/c1-13-4-5-14(10-20-13)17(23)22-9-6-15(11-22)21(2)12-16-18-7-3-8-19-16/h3-5,7-8,10,15H,6,9,11-12H2,1-2H3/t15-/m0/s1. The quantitative estimate of drug-likeness (QED) is 0.857. The van der Waals surface area contributed by atoms with Crippen LogP contribution in [0.3, 0.4) is 0 Å². The van der Waals surface area contributed by atoms with Crippen molar-refractivity contribution >= 4 is 5.91 Å². The summed E-state index contributed by atoms with van der Waals surface area (Å²) in [5.41, 5.74) is 1.58. The van der Waals surface area contributed by atoms with Gasteiger partial charge in [-0.2, -0.15) is 0 Å². The highest BCUT2D eigenvalue weighted by atomic mass is 16.2. The van der Waals surface area contributed by atoms with Gasteiger partial charge in [0.1, 0.15) is 5.82 Å². The van der Waals surface area contributed by atoms with Gasteiger partial charge in [-0.1, -0.05) is 0 Å². The Balaban J connectivity index is 1.59. The number of pyridine rings is 1. The van der Waals surface area contributed by atoms with Gasteiger partial charge in [0.15, 0.2) is 0 Å². The largest absolute Gasteiger partial charge is 0.337 e. The van der Waals surface area contributed by atoms with Crippen molar-refractivity contribution in [3.63, 3.8) is 0 Å². The van der Waals surface area contributed by atoms with E-state index in [2.05, 4.69) is 26.9 Å². The Morgan fingerprint density at radius 1 is 1.30 bits per heavy atom. The first-order valence-electron chi connectivity index (χ1n) is 7.81. The van der Waals surface area contributed by atoms with Crippen molar-refractivity contribution in [2.75, 3.05) is 20.1 Å². The predicted octanol–water partition coefficient (Wildman–Crippen LogP) is 1.53. The summed E-state index contributed by atoms with van der Waals surface area (Å²) in [6.07, 6.45) is 6.14. The molecule has 0 aromatic carbocycles. The Labute approximate surface area is 136 Å². The second-order valence-corrected chi connectivity index (χ2v) is 5.96. The first-order chi connectivity index (χ1) is 11.1. The third-order valence-electron chi connectivity index (χ3n) is 4.24. The van der Waals surface area contributed by atoms with Crippen molar-refractivity contribution in [2.45, 2.75) is 25.9 Å². The molecule has 0 unspecified atom stereocenters. The molecule has 0 saturated carbocycles. The number of likely N-dealkylation sites (N-methyl/N-ethyl adjacent to an activating group) is 1. The molecule has 0 spiro atoms. The molecule has 0 aliphatic carbocycles. The van der Waals surface area contributed by atoms with Gasteiger partial charge in [0, 0.05) is 43.4 Å². The van der Waals surface area contributed by atoms with Gasteiger partial charge < -0.3 is 4.90 Å². The lowest BCUT2D eigenvalue weighted by Gasteiger charge is -2.24. The Kier molecular flexibility index (Phi) is 4.62. The van der Waals surface area contributed by atoms with E-state index in [1.54, 1.807) is 18.6 Å². The number of nitrogens with zero attached hydrogens (tertiary/aromatic N) is 5. The fourth-order valence-corrected chi connectivity index (χ4v) is 2.83. The predicted molar refractivity (Wildman–Crippen MR) is 86.8 cm³/mol. The Morgan fingerprint density at radius 2 is 2.09 bits per heavy atom. The van der Waals surface area contributed by atoms with Crippen LogP contribution in [0.15, 0.2) is 36.8 Å². The molecule has 3 rings (SSSR count). The second kappa shape index (κ2) is 6.83. The molecule has 0 radical (unpaired) electrons. The zero-order valence-corrected chi connectivity index (χ0v) is 13.5. The number of amides is 1. The topological polar surface area (TPSA) is 62.2 Å². The highest BCUT2D eigenvalue weighted by Crippen LogP contribution is 2.18. The molecule has 1 amide bonds. The monoisotopic (exact) mass is 311 g/mol. The van der Waals surface area contributed by atoms with E-state index in [1.165, 1.54) is 0 Å². The molecule has 6 nitrogen and oxygen atoms in total. The lowest BCUT2D eigenvalue weighted by atomic mass is 10.2. The molecule has 2 aromatic heterocycles. The molecular weight excluding hydrogens is 290 g/mol. The number of likely N-dealkylation sites (tertiary alicyclic amines) is 1. The van der Waals surface area contributed by atoms with Crippen LogP contribution >= 0.6 is 0 Å². The molecule has 6 heteroatoms. The summed E-state index contributed by atoms with van der Waals surface area (Å²) in [7, 11) is 2.06. The number of carbonyl (C=O) groups is 1. The van der Waals surface area contributed by atoms with Gasteiger partial charge in [-0.3, -0.25) is 14.7 Å². The summed E-state index contributed by atoms with van der Waals surface area (Å²) >= 11 is 0. The SMILES string of the molecule is Cc1ccc(C(=O)N2CC[C@H](N(C)Cc3ncccn3)C2)cn1. The van der Waals surface area contributed by atoms with E-state index in [-0.39, 0.29) is 5.91 Å². The van der Waals surface area contributed by atoms with E-state index in [1.807, 2.05) is 30.0 Å². The lowest BCUT2D eigenvalue weighted by Crippen LogP contribution is -2.36. The van der Waals surface area contributed by atoms with Crippen LogP contribution in [0.1, 0.15) is 28.3 Å². The van der Waals surface area contributed by atoms with Gasteiger partial charge in [0.05, 0.1) is 12.1 Å². The molecule has 1 aliphatic rings. The Morgan fingerprint density at radius 3 is 2.78 bits per heavy atom. The van der Waals surface area contributed by atoms with Crippen LogP contribution < -0.4 is 0 Å². The minimum absolute atomic E-state index is 0.0596. The molecule has 3 heterocycles. The number of carbonyl (C=O) groups excluding carboxylic acids is 1. The summed E-state index contributed by atoms with van der Waals surface area (Å²) in [5, 5.41) is 0. The Hall–Kier alpha value is -2.34. The molecule has 1 fully saturated rings. The Bertz CT molecular complexity index is 658. The average molecular weight is 311 g/mol. The van der Waals surface area contributed by atoms with Gasteiger partial charge in [-0.15, -0.1) is 0 Å². The normalized spacial score (nSPS) is 17.7. The highest BCUT2D eigenvalue weighted by molar-refractivity contribution is 5.94. The van der Waals surface area contributed by atoms with Crippen molar-refractivity contribution in [2.24, 2.45) is 0 Å². The maximum absolute atomic E-state index is 12.5. The summed E-state index contributed by atoms with van der Waals surface area (Å²) in [5.74, 6) is 0.867. The van der Waals surface area contributed by atoms with Gasteiger partial charge in [0.2, 0.25) is 0 Å². The molecule has 0 bridgehead atoms. The van der Waals surface area contributed by atoms with E-state index in [4.69, 9.17) is 0 Å². The zero-order valence-electron chi connectivity index (χ0n) is 13.5. The van der Waals surface area contributed by atoms with E-state index in [9.17, 15) is 4.79 Å². The van der Waals surface area contributed by atoms with Crippen molar-refractivity contribution in [1.82, 2.24) is 24.8 Å². The van der Waals surface area contributed by atoms with Crippen LogP contribution in [0.25, 0.3) is 0 Å². The summed E-state index contributed by atoms with van der Waals surface area (Å²) in [4.78, 5) is 29.4. The molecule has 2 aromatic rings. The number of rotatable bonds is 4. The van der Waals surface area contributed by atoms with E-state index in [0.29, 0.717) is 18.2 Å². The molecule has 1 aliphatic heterocycles. The van der Waals surface area contributed by atoms with Gasteiger partial charge >= 0.3 is 0 Å². The van der Waals surface area contributed by atoms with Crippen LogP contribution in [0.4, 0.5) is 0 Å². The smallest absolute Gasteiger partial charge is 0.255 e. The van der Waals surface area contributed by atoms with Gasteiger partial charge in [0.25, 0.3) is 5.91 Å². The number of hydrogen-bond acceptors (Lipinski definition) is 5. The first kappa shape index (κ1) is 15.6. The maximum atomic E-state index is 12.5. The third kappa shape index (κ3) is 3.71. The number of hydrogen-bond donors (Lipinski definition) is 0. The molecule has 120 valence electrons. The zero-order chi connectivity index (χ0) is 16.2. The fourth-order valence-electron chi connectivity index (χ4n) is 2.83. The van der Waals surface area contributed by atoms with Crippen LogP contribution in [0.2, 0.25) is 0 Å². The van der Waals surface area contributed by atoms with Crippen molar-refractivity contribution in [3.05, 3.63) is 53.9 Å². The number of aryl methyl sites for hydroxylation is 1. The molecule has 0 N–H and O–H groups in total.